The van der Waals surface area contributed by atoms with Crippen LogP contribution in [0.2, 0.25) is 5.02 Å². The van der Waals surface area contributed by atoms with E-state index in [9.17, 15) is 22.4 Å². The van der Waals surface area contributed by atoms with Gasteiger partial charge >= 0.3 is 0 Å². The number of methoxy groups -OCH3 is 1. The van der Waals surface area contributed by atoms with Crippen LogP contribution in [0.5, 0.6) is 5.88 Å². The normalized spacial score (nSPS) is 17.2. The van der Waals surface area contributed by atoms with Gasteiger partial charge in [0.05, 0.1) is 35.3 Å². The monoisotopic (exact) mass is 599 g/mol. The molecule has 0 spiro atoms. The van der Waals surface area contributed by atoms with Crippen LogP contribution < -0.4 is 20.3 Å². The van der Waals surface area contributed by atoms with E-state index in [0.717, 1.165) is 24.6 Å². The number of benzene rings is 2. The number of fused-ring (bicyclic) bond motifs is 1. The number of hydrogen-bond donors (Lipinski definition) is 2. The fraction of sp³-hybridized carbons (Fsp3) is 0.286. The van der Waals surface area contributed by atoms with Crippen molar-refractivity contribution >= 4 is 44.1 Å². The number of pyridine rings is 1. The van der Waals surface area contributed by atoms with Crippen molar-refractivity contribution in [3.05, 3.63) is 76.2 Å². The SMILES string of the molecule is COc1ncc(-c2ccc3ncn(C[C@H](C)C(=O)N[C@H]4C[C@@H]4C)c(=O)c3c2)cc1NS(=O)(=O)c1ccc(F)cc1Cl. The lowest BCUT2D eigenvalue weighted by molar-refractivity contribution is -0.125. The van der Waals surface area contributed by atoms with Crippen LogP contribution in [0.15, 0.2) is 64.7 Å². The maximum absolute atomic E-state index is 13.5. The molecular formula is C28H27ClFN5O5S. The molecule has 1 aliphatic carbocycles. The first-order chi connectivity index (χ1) is 19.5. The van der Waals surface area contributed by atoms with E-state index in [-0.39, 0.29) is 45.5 Å². The molecule has 0 aliphatic heterocycles. The molecule has 2 aromatic heterocycles. The van der Waals surface area contributed by atoms with Crippen LogP contribution in [0.25, 0.3) is 22.0 Å². The summed E-state index contributed by atoms with van der Waals surface area (Å²) in [7, 11) is -2.89. The maximum Gasteiger partial charge on any atom is 0.263 e. The number of sulfonamides is 1. The molecule has 0 radical (unpaired) electrons. The molecule has 1 fully saturated rings. The van der Waals surface area contributed by atoms with Gasteiger partial charge < -0.3 is 10.1 Å². The van der Waals surface area contributed by atoms with E-state index in [4.69, 9.17) is 16.3 Å². The van der Waals surface area contributed by atoms with Crippen LogP contribution in [-0.2, 0) is 21.4 Å². The van der Waals surface area contributed by atoms with Crippen molar-refractivity contribution in [2.45, 2.75) is 37.8 Å². The van der Waals surface area contributed by atoms with Gasteiger partial charge in [-0.15, -0.1) is 0 Å². The molecule has 2 heterocycles. The van der Waals surface area contributed by atoms with Gasteiger partial charge in [-0.05, 0) is 54.3 Å². The van der Waals surface area contributed by atoms with Gasteiger partial charge in [0.2, 0.25) is 11.8 Å². The van der Waals surface area contributed by atoms with Gasteiger partial charge in [-0.1, -0.05) is 31.5 Å². The summed E-state index contributed by atoms with van der Waals surface area (Å²) in [5.41, 5.74) is 1.21. The molecular weight excluding hydrogens is 573 g/mol. The van der Waals surface area contributed by atoms with Crippen molar-refractivity contribution in [3.63, 3.8) is 0 Å². The van der Waals surface area contributed by atoms with Gasteiger partial charge in [-0.25, -0.2) is 22.8 Å². The first-order valence-electron chi connectivity index (χ1n) is 12.8. The van der Waals surface area contributed by atoms with Crippen molar-refractivity contribution < 1.29 is 22.3 Å². The summed E-state index contributed by atoms with van der Waals surface area (Å²) < 4.78 is 48.6. The number of halogens is 2. The van der Waals surface area contributed by atoms with Crippen LogP contribution in [0, 0.1) is 17.7 Å². The number of ether oxygens (including phenoxy) is 1. The fourth-order valence-electron chi connectivity index (χ4n) is 4.43. The second-order valence-corrected chi connectivity index (χ2v) is 12.2. The van der Waals surface area contributed by atoms with Gasteiger partial charge in [0.1, 0.15) is 16.4 Å². The summed E-state index contributed by atoms with van der Waals surface area (Å²) in [6.45, 7) is 4.00. The predicted octanol–water partition coefficient (Wildman–Crippen LogP) is 4.22. The highest BCUT2D eigenvalue weighted by molar-refractivity contribution is 7.92. The Morgan fingerprint density at radius 1 is 1.20 bits per heavy atom. The molecule has 1 saturated carbocycles. The number of amides is 1. The van der Waals surface area contributed by atoms with Crippen LogP contribution in [0.3, 0.4) is 0 Å². The van der Waals surface area contributed by atoms with Crippen molar-refractivity contribution in [1.29, 1.82) is 0 Å². The lowest BCUT2D eigenvalue weighted by Crippen LogP contribution is -2.35. The highest BCUT2D eigenvalue weighted by Crippen LogP contribution is 2.32. The number of hydrogen-bond acceptors (Lipinski definition) is 7. The molecule has 41 heavy (non-hydrogen) atoms. The molecule has 2 N–H and O–H groups in total. The van der Waals surface area contributed by atoms with E-state index in [2.05, 4.69) is 26.9 Å². The molecule has 0 unspecified atom stereocenters. The largest absolute Gasteiger partial charge is 0.480 e. The number of carbonyl (C=O) groups excluding carboxylic acids is 1. The third-order valence-electron chi connectivity index (χ3n) is 6.98. The van der Waals surface area contributed by atoms with E-state index in [1.165, 1.54) is 30.3 Å². The minimum atomic E-state index is -4.23. The Hall–Kier alpha value is -4.03. The van der Waals surface area contributed by atoms with Crippen LogP contribution >= 0.6 is 11.6 Å². The van der Waals surface area contributed by atoms with Gasteiger partial charge in [0, 0.05) is 24.3 Å². The third-order valence-corrected chi connectivity index (χ3v) is 8.83. The zero-order valence-corrected chi connectivity index (χ0v) is 24.0. The minimum Gasteiger partial charge on any atom is -0.480 e. The van der Waals surface area contributed by atoms with E-state index in [1.54, 1.807) is 25.1 Å². The van der Waals surface area contributed by atoms with E-state index in [1.807, 2.05) is 0 Å². The molecule has 5 rings (SSSR count). The van der Waals surface area contributed by atoms with Gasteiger partial charge in [-0.3, -0.25) is 18.9 Å². The fourth-order valence-corrected chi connectivity index (χ4v) is 6.01. The minimum absolute atomic E-state index is 0.00627. The molecule has 1 amide bonds. The summed E-state index contributed by atoms with van der Waals surface area (Å²) in [6.07, 6.45) is 3.86. The number of carbonyl (C=O) groups is 1. The Kier molecular flexibility index (Phi) is 7.71. The quantitative estimate of drug-likeness (QED) is 0.294. The van der Waals surface area contributed by atoms with Crippen molar-refractivity contribution in [2.24, 2.45) is 11.8 Å². The topological polar surface area (TPSA) is 132 Å². The Morgan fingerprint density at radius 2 is 1.95 bits per heavy atom. The van der Waals surface area contributed by atoms with Crippen LogP contribution in [-0.4, -0.2) is 42.0 Å². The Labute approximate surface area is 240 Å². The second kappa shape index (κ2) is 11.1. The van der Waals surface area contributed by atoms with Gasteiger partial charge in [0.25, 0.3) is 15.6 Å². The molecule has 10 nitrogen and oxygen atoms in total. The Bertz CT molecular complexity index is 1830. The number of nitrogens with zero attached hydrogens (tertiary/aromatic N) is 3. The molecule has 0 saturated heterocycles. The molecule has 214 valence electrons. The molecule has 1 aliphatic rings. The first-order valence-corrected chi connectivity index (χ1v) is 14.6. The van der Waals surface area contributed by atoms with Crippen molar-refractivity contribution in [2.75, 3.05) is 11.8 Å². The summed E-state index contributed by atoms with van der Waals surface area (Å²) in [4.78, 5) is 34.2. The van der Waals surface area contributed by atoms with Crippen LogP contribution in [0.4, 0.5) is 10.1 Å². The number of nitrogens with one attached hydrogen (secondary N) is 2. The zero-order valence-electron chi connectivity index (χ0n) is 22.4. The molecule has 4 aromatic rings. The smallest absolute Gasteiger partial charge is 0.263 e. The van der Waals surface area contributed by atoms with E-state index in [0.29, 0.717) is 27.9 Å². The molecule has 2 aromatic carbocycles. The number of aromatic nitrogens is 3. The highest BCUT2D eigenvalue weighted by Gasteiger charge is 2.34. The number of anilines is 1. The number of rotatable bonds is 9. The van der Waals surface area contributed by atoms with E-state index >= 15 is 0 Å². The van der Waals surface area contributed by atoms with Crippen molar-refractivity contribution in [3.8, 4) is 17.0 Å². The standard InChI is InChI=1S/C28H27ClFN5O5S/c1-15-8-23(15)33-26(36)16(2)13-35-14-32-22-6-4-17(9-20(22)28(35)37)18-10-24(27(40-3)31-12-18)34-41(38,39)25-7-5-19(30)11-21(25)29/h4-7,9-12,14-16,23,34H,8,13H2,1-3H3,(H,33,36)/t15-,16-,23-/m0/s1. The summed E-state index contributed by atoms with van der Waals surface area (Å²) in [5.74, 6) is -0.752. The van der Waals surface area contributed by atoms with Gasteiger partial charge in [-0.2, -0.15) is 0 Å². The Balaban J connectivity index is 1.45. The predicted molar refractivity (Wildman–Crippen MR) is 153 cm³/mol. The zero-order chi connectivity index (χ0) is 29.5. The molecule has 0 bridgehead atoms. The van der Waals surface area contributed by atoms with Crippen molar-refractivity contribution in [1.82, 2.24) is 19.9 Å². The average Bonchev–Trinajstić information content (AvgIpc) is 3.63. The molecule has 3 atom stereocenters. The maximum atomic E-state index is 13.5. The van der Waals surface area contributed by atoms with Gasteiger partial charge in [0.15, 0.2) is 0 Å². The second-order valence-electron chi connectivity index (χ2n) is 10.1. The van der Waals surface area contributed by atoms with Crippen LogP contribution in [0.1, 0.15) is 20.3 Å². The highest BCUT2D eigenvalue weighted by atomic mass is 35.5. The summed E-state index contributed by atoms with van der Waals surface area (Å²) in [6, 6.07) is 9.68. The van der Waals surface area contributed by atoms with E-state index < -0.39 is 21.8 Å². The lowest BCUT2D eigenvalue weighted by Gasteiger charge is -2.15. The average molecular weight is 600 g/mol. The molecule has 13 heteroatoms. The first kappa shape index (κ1) is 28.5. The third kappa shape index (κ3) is 6.03. The summed E-state index contributed by atoms with van der Waals surface area (Å²) >= 11 is 5.98. The lowest BCUT2D eigenvalue weighted by atomic mass is 10.0. The Morgan fingerprint density at radius 3 is 2.63 bits per heavy atom. The summed E-state index contributed by atoms with van der Waals surface area (Å²) in [5, 5.41) is 3.03.